The number of carboxylic acid groups (broad SMARTS) is 1. The topological polar surface area (TPSA) is 75.6 Å². The largest absolute Gasteiger partial charge is 0.484 e. The predicted molar refractivity (Wildman–Crippen MR) is 71.4 cm³/mol. The van der Waals surface area contributed by atoms with Crippen LogP contribution < -0.4 is 10.1 Å². The van der Waals surface area contributed by atoms with Crippen LogP contribution in [0.4, 0.5) is 0 Å². The van der Waals surface area contributed by atoms with Crippen LogP contribution in [0.3, 0.4) is 0 Å². The Morgan fingerprint density at radius 2 is 2.21 bits per heavy atom. The molecule has 0 radical (unpaired) electrons. The van der Waals surface area contributed by atoms with Gasteiger partial charge in [-0.3, -0.25) is 9.59 Å². The zero-order chi connectivity index (χ0) is 14.3. The molecule has 0 saturated carbocycles. The Morgan fingerprint density at radius 1 is 1.47 bits per heavy atom. The predicted octanol–water partition coefficient (Wildman–Crippen LogP) is 1.95. The van der Waals surface area contributed by atoms with Gasteiger partial charge in [0.1, 0.15) is 5.75 Å². The number of amides is 1. The van der Waals surface area contributed by atoms with E-state index >= 15 is 0 Å². The average molecular weight is 286 g/mol. The monoisotopic (exact) mass is 285 g/mol. The molecule has 0 saturated heterocycles. The second-order valence-corrected chi connectivity index (χ2v) is 4.69. The van der Waals surface area contributed by atoms with Crippen molar-refractivity contribution in [3.8, 4) is 5.75 Å². The first kappa shape index (κ1) is 15.3. The molecule has 2 N–H and O–H groups in total. The van der Waals surface area contributed by atoms with Gasteiger partial charge in [0.05, 0.1) is 0 Å². The number of carbonyl (C=O) groups is 2. The van der Waals surface area contributed by atoms with E-state index in [2.05, 4.69) is 5.32 Å². The van der Waals surface area contributed by atoms with Crippen molar-refractivity contribution < 1.29 is 19.4 Å². The van der Waals surface area contributed by atoms with Crippen molar-refractivity contribution in [1.82, 2.24) is 5.32 Å². The van der Waals surface area contributed by atoms with Crippen molar-refractivity contribution >= 4 is 23.5 Å². The summed E-state index contributed by atoms with van der Waals surface area (Å²) in [4.78, 5) is 21.9. The molecule has 0 fully saturated rings. The van der Waals surface area contributed by atoms with Gasteiger partial charge in [0.25, 0.3) is 5.91 Å². The van der Waals surface area contributed by atoms with Crippen molar-refractivity contribution in [3.05, 3.63) is 29.3 Å². The summed E-state index contributed by atoms with van der Waals surface area (Å²) >= 11 is 5.78. The van der Waals surface area contributed by atoms with Crippen molar-refractivity contribution in [2.24, 2.45) is 5.92 Å². The number of hydrogen-bond acceptors (Lipinski definition) is 3. The molecule has 0 heterocycles. The van der Waals surface area contributed by atoms with Crippen LogP contribution in [0.5, 0.6) is 5.75 Å². The van der Waals surface area contributed by atoms with Crippen LogP contribution in [-0.2, 0) is 9.59 Å². The molecule has 0 spiro atoms. The number of aliphatic carboxylic acids is 1. The highest BCUT2D eigenvalue weighted by Crippen LogP contribution is 2.16. The Kier molecular flexibility index (Phi) is 6.15. The van der Waals surface area contributed by atoms with E-state index in [1.807, 2.05) is 0 Å². The molecule has 1 atom stereocenters. The van der Waals surface area contributed by atoms with Gasteiger partial charge in [-0.15, -0.1) is 0 Å². The zero-order valence-corrected chi connectivity index (χ0v) is 11.3. The van der Waals surface area contributed by atoms with E-state index in [-0.39, 0.29) is 24.9 Å². The van der Waals surface area contributed by atoms with Crippen molar-refractivity contribution in [1.29, 1.82) is 0 Å². The van der Waals surface area contributed by atoms with Crippen molar-refractivity contribution in [2.75, 3.05) is 13.2 Å². The molecule has 5 nitrogen and oxygen atoms in total. The highest BCUT2D eigenvalue weighted by molar-refractivity contribution is 6.30. The smallest absolute Gasteiger partial charge is 0.303 e. The normalized spacial score (nSPS) is 11.7. The fourth-order valence-corrected chi connectivity index (χ4v) is 1.60. The summed E-state index contributed by atoms with van der Waals surface area (Å²) in [6, 6.07) is 6.75. The minimum absolute atomic E-state index is 0.0232. The maximum atomic E-state index is 11.5. The van der Waals surface area contributed by atoms with Gasteiger partial charge in [-0.1, -0.05) is 24.6 Å². The van der Waals surface area contributed by atoms with Gasteiger partial charge in [0.2, 0.25) is 0 Å². The lowest BCUT2D eigenvalue weighted by molar-refractivity contribution is -0.138. The Balaban J connectivity index is 2.26. The van der Waals surface area contributed by atoms with Gasteiger partial charge in [0.15, 0.2) is 6.61 Å². The molecular weight excluding hydrogens is 270 g/mol. The molecule has 1 aromatic carbocycles. The Morgan fingerprint density at radius 3 is 2.84 bits per heavy atom. The summed E-state index contributed by atoms with van der Waals surface area (Å²) in [6.45, 7) is 1.94. The SMILES string of the molecule is CC(CNC(=O)COc1cccc(Cl)c1)CC(=O)O. The summed E-state index contributed by atoms with van der Waals surface area (Å²) in [5, 5.41) is 11.7. The third kappa shape index (κ3) is 6.67. The fraction of sp³-hybridized carbons (Fsp3) is 0.385. The number of ether oxygens (including phenoxy) is 1. The highest BCUT2D eigenvalue weighted by atomic mass is 35.5. The quantitative estimate of drug-likeness (QED) is 0.803. The molecule has 0 aliphatic carbocycles. The number of halogens is 1. The second-order valence-electron chi connectivity index (χ2n) is 4.25. The van der Waals surface area contributed by atoms with Gasteiger partial charge in [-0.05, 0) is 24.1 Å². The number of rotatable bonds is 7. The molecule has 6 heteroatoms. The molecular formula is C13H16ClNO4. The van der Waals surface area contributed by atoms with E-state index in [1.54, 1.807) is 31.2 Å². The maximum Gasteiger partial charge on any atom is 0.303 e. The molecule has 1 unspecified atom stereocenters. The first-order valence-electron chi connectivity index (χ1n) is 5.84. The number of carboxylic acids is 1. The second kappa shape index (κ2) is 7.63. The number of hydrogen-bond donors (Lipinski definition) is 2. The third-order valence-corrected chi connectivity index (χ3v) is 2.57. The maximum absolute atomic E-state index is 11.5. The summed E-state index contributed by atoms with van der Waals surface area (Å²) in [6.07, 6.45) is 0.0232. The van der Waals surface area contributed by atoms with E-state index in [1.165, 1.54) is 0 Å². The van der Waals surface area contributed by atoms with Gasteiger partial charge >= 0.3 is 5.97 Å². The summed E-state index contributed by atoms with van der Waals surface area (Å²) in [5.41, 5.74) is 0. The lowest BCUT2D eigenvalue weighted by Crippen LogP contribution is -2.33. The lowest BCUT2D eigenvalue weighted by atomic mass is 10.1. The van der Waals surface area contributed by atoms with Crippen LogP contribution in [-0.4, -0.2) is 30.1 Å². The highest BCUT2D eigenvalue weighted by Gasteiger charge is 2.09. The molecule has 19 heavy (non-hydrogen) atoms. The standard InChI is InChI=1S/C13H16ClNO4/c1-9(5-13(17)18)7-15-12(16)8-19-11-4-2-3-10(14)6-11/h2-4,6,9H,5,7-8H2,1H3,(H,15,16)(H,17,18). The first-order chi connectivity index (χ1) is 8.97. The molecule has 1 amide bonds. The molecule has 104 valence electrons. The van der Waals surface area contributed by atoms with E-state index in [9.17, 15) is 9.59 Å². The number of benzene rings is 1. The molecule has 1 rings (SSSR count). The molecule has 1 aromatic rings. The van der Waals surface area contributed by atoms with Crippen molar-refractivity contribution in [3.63, 3.8) is 0 Å². The third-order valence-electron chi connectivity index (χ3n) is 2.34. The van der Waals surface area contributed by atoms with Crippen LogP contribution in [0.15, 0.2) is 24.3 Å². The molecule has 0 aliphatic rings. The van der Waals surface area contributed by atoms with Crippen LogP contribution in [0.1, 0.15) is 13.3 Å². The van der Waals surface area contributed by atoms with Crippen molar-refractivity contribution in [2.45, 2.75) is 13.3 Å². The van der Waals surface area contributed by atoms with Gasteiger partial charge < -0.3 is 15.2 Å². The van der Waals surface area contributed by atoms with Crippen LogP contribution in [0.2, 0.25) is 5.02 Å². The molecule has 0 aliphatic heterocycles. The lowest BCUT2D eigenvalue weighted by Gasteiger charge is -2.11. The number of carbonyl (C=O) groups excluding carboxylic acids is 1. The zero-order valence-electron chi connectivity index (χ0n) is 10.6. The van der Waals surface area contributed by atoms with Gasteiger partial charge in [0, 0.05) is 18.0 Å². The van der Waals surface area contributed by atoms with Gasteiger partial charge in [-0.25, -0.2) is 0 Å². The summed E-state index contributed by atoms with van der Waals surface area (Å²) in [5.74, 6) is -0.775. The summed E-state index contributed by atoms with van der Waals surface area (Å²) in [7, 11) is 0. The molecule has 0 aromatic heterocycles. The fourth-order valence-electron chi connectivity index (χ4n) is 1.42. The Bertz CT molecular complexity index is 450. The van der Waals surface area contributed by atoms with Crippen LogP contribution >= 0.6 is 11.6 Å². The van der Waals surface area contributed by atoms with Crippen LogP contribution in [0, 0.1) is 5.92 Å². The van der Waals surface area contributed by atoms with E-state index in [0.717, 1.165) is 0 Å². The van der Waals surface area contributed by atoms with E-state index in [4.69, 9.17) is 21.4 Å². The average Bonchev–Trinajstić information content (AvgIpc) is 2.33. The first-order valence-corrected chi connectivity index (χ1v) is 6.22. The van der Waals surface area contributed by atoms with Gasteiger partial charge in [-0.2, -0.15) is 0 Å². The number of nitrogens with one attached hydrogen (secondary N) is 1. The van der Waals surface area contributed by atoms with E-state index < -0.39 is 5.97 Å². The Hall–Kier alpha value is -1.75. The van der Waals surface area contributed by atoms with E-state index in [0.29, 0.717) is 17.3 Å². The van der Waals surface area contributed by atoms with Crippen LogP contribution in [0.25, 0.3) is 0 Å². The summed E-state index contributed by atoms with van der Waals surface area (Å²) < 4.78 is 5.25. The molecule has 0 bridgehead atoms. The minimum atomic E-state index is -0.878. The Labute approximate surface area is 116 Å². The minimum Gasteiger partial charge on any atom is -0.484 e.